The molecule has 2 aromatic rings. The van der Waals surface area contributed by atoms with Crippen molar-refractivity contribution in [2.45, 2.75) is 12.8 Å². The fraction of sp³-hybridized carbons (Fsp3) is 0.333. The number of primary amides is 1. The first-order valence-corrected chi connectivity index (χ1v) is 8.57. The Morgan fingerprint density at radius 3 is 2.81 bits per heavy atom. The first-order valence-electron chi connectivity index (χ1n) is 8.57. The molecule has 1 aromatic heterocycles. The number of amides is 2. The van der Waals surface area contributed by atoms with Crippen LogP contribution in [0.25, 0.3) is 0 Å². The molecule has 1 aliphatic carbocycles. The summed E-state index contributed by atoms with van der Waals surface area (Å²) in [5.41, 5.74) is 6.99. The van der Waals surface area contributed by atoms with Crippen LogP contribution in [-0.4, -0.2) is 42.7 Å². The normalized spacial score (nSPS) is 13.0. The summed E-state index contributed by atoms with van der Waals surface area (Å²) in [5, 5.41) is 6.25. The summed E-state index contributed by atoms with van der Waals surface area (Å²) in [7, 11) is 2.94. The molecule has 0 aliphatic heterocycles. The molecule has 1 fully saturated rings. The number of hydrogen-bond donors (Lipinski definition) is 3. The second-order valence-corrected chi connectivity index (χ2v) is 6.35. The van der Waals surface area contributed by atoms with Crippen molar-refractivity contribution < 1.29 is 14.3 Å². The van der Waals surface area contributed by atoms with Gasteiger partial charge in [-0.25, -0.2) is 9.78 Å². The molecule has 1 saturated carbocycles. The third-order valence-corrected chi connectivity index (χ3v) is 4.25. The summed E-state index contributed by atoms with van der Waals surface area (Å²) in [4.78, 5) is 33.2. The third kappa shape index (κ3) is 4.63. The van der Waals surface area contributed by atoms with E-state index in [1.54, 1.807) is 25.2 Å². The molecule has 0 unspecified atom stereocenters. The minimum Gasteiger partial charge on any atom is -0.452 e. The maximum absolute atomic E-state index is 11.7. The molecule has 0 radical (unpaired) electrons. The van der Waals surface area contributed by atoms with E-state index in [1.807, 2.05) is 6.07 Å². The van der Waals surface area contributed by atoms with Gasteiger partial charge < -0.3 is 21.1 Å². The average molecular weight is 370 g/mol. The molecule has 142 valence electrons. The van der Waals surface area contributed by atoms with Gasteiger partial charge in [0.05, 0.1) is 12.7 Å². The van der Waals surface area contributed by atoms with Gasteiger partial charge in [-0.15, -0.1) is 0 Å². The van der Waals surface area contributed by atoms with Gasteiger partial charge in [-0.3, -0.25) is 9.69 Å². The first-order chi connectivity index (χ1) is 13.0. The van der Waals surface area contributed by atoms with Crippen LogP contribution in [0.5, 0.6) is 0 Å². The lowest BCUT2D eigenvalue weighted by molar-refractivity contribution is 0.100. The molecule has 1 aliphatic rings. The maximum Gasteiger partial charge on any atom is 0.413 e. The van der Waals surface area contributed by atoms with Crippen molar-refractivity contribution in [1.82, 2.24) is 9.97 Å². The maximum atomic E-state index is 11.7. The van der Waals surface area contributed by atoms with E-state index < -0.39 is 12.0 Å². The van der Waals surface area contributed by atoms with Crippen LogP contribution in [0.1, 0.15) is 23.2 Å². The van der Waals surface area contributed by atoms with Crippen LogP contribution in [0.2, 0.25) is 0 Å². The van der Waals surface area contributed by atoms with E-state index in [0.717, 1.165) is 6.54 Å². The van der Waals surface area contributed by atoms with Gasteiger partial charge in [0.15, 0.2) is 0 Å². The number of nitrogens with zero attached hydrogens (tertiary/aromatic N) is 3. The largest absolute Gasteiger partial charge is 0.452 e. The number of anilines is 4. The van der Waals surface area contributed by atoms with Gasteiger partial charge in [-0.05, 0) is 37.0 Å². The van der Waals surface area contributed by atoms with E-state index in [4.69, 9.17) is 10.5 Å². The number of rotatable bonds is 7. The van der Waals surface area contributed by atoms with Crippen LogP contribution in [0, 0.1) is 5.92 Å². The highest BCUT2D eigenvalue weighted by molar-refractivity contribution is 5.97. The van der Waals surface area contributed by atoms with Gasteiger partial charge in [0.2, 0.25) is 5.95 Å². The SMILES string of the molecule is COC(=O)N(C)c1cccc(Nc2ncc(C(N)=O)c(NCC3CC3)n2)c1. The lowest BCUT2D eigenvalue weighted by Gasteiger charge is -2.17. The zero-order valence-electron chi connectivity index (χ0n) is 15.2. The summed E-state index contributed by atoms with van der Waals surface area (Å²) in [6, 6.07) is 7.15. The first kappa shape index (κ1) is 18.4. The summed E-state index contributed by atoms with van der Waals surface area (Å²) < 4.78 is 4.72. The van der Waals surface area contributed by atoms with Crippen molar-refractivity contribution >= 4 is 35.1 Å². The molecule has 0 atom stereocenters. The molecule has 0 saturated heterocycles. The molecule has 4 N–H and O–H groups in total. The fourth-order valence-electron chi connectivity index (χ4n) is 2.48. The Bertz CT molecular complexity index is 853. The zero-order chi connectivity index (χ0) is 19.4. The van der Waals surface area contributed by atoms with Crippen molar-refractivity contribution in [1.29, 1.82) is 0 Å². The molecule has 1 heterocycles. The molecule has 0 spiro atoms. The minimum atomic E-state index is -0.582. The van der Waals surface area contributed by atoms with Crippen LogP contribution in [0.15, 0.2) is 30.5 Å². The molecule has 2 amide bonds. The number of carbonyl (C=O) groups is 2. The average Bonchev–Trinajstić information content (AvgIpc) is 3.49. The number of aromatic nitrogens is 2. The van der Waals surface area contributed by atoms with Crippen molar-refractivity contribution in [3.05, 3.63) is 36.0 Å². The molecular formula is C18H22N6O3. The van der Waals surface area contributed by atoms with E-state index in [-0.39, 0.29) is 5.56 Å². The number of methoxy groups -OCH3 is 1. The van der Waals surface area contributed by atoms with E-state index in [2.05, 4.69) is 20.6 Å². The van der Waals surface area contributed by atoms with Gasteiger partial charge in [0.1, 0.15) is 5.82 Å². The van der Waals surface area contributed by atoms with Gasteiger partial charge >= 0.3 is 6.09 Å². The van der Waals surface area contributed by atoms with Gasteiger partial charge in [-0.2, -0.15) is 4.98 Å². The zero-order valence-corrected chi connectivity index (χ0v) is 15.2. The minimum absolute atomic E-state index is 0.250. The van der Waals surface area contributed by atoms with Crippen LogP contribution in [-0.2, 0) is 4.74 Å². The number of benzene rings is 1. The number of nitrogens with two attached hydrogens (primary N) is 1. The Kier molecular flexibility index (Phi) is 5.39. The van der Waals surface area contributed by atoms with Gasteiger partial charge in [-0.1, -0.05) is 6.07 Å². The van der Waals surface area contributed by atoms with Crippen molar-refractivity contribution in [3.63, 3.8) is 0 Å². The summed E-state index contributed by atoms with van der Waals surface area (Å²) in [5.74, 6) is 0.759. The summed E-state index contributed by atoms with van der Waals surface area (Å²) in [6.07, 6.45) is 3.28. The van der Waals surface area contributed by atoms with Crippen molar-refractivity contribution in [2.75, 3.05) is 36.2 Å². The molecule has 9 heteroatoms. The van der Waals surface area contributed by atoms with E-state index >= 15 is 0 Å². The molecule has 0 bridgehead atoms. The lowest BCUT2D eigenvalue weighted by atomic mass is 10.2. The Morgan fingerprint density at radius 1 is 1.37 bits per heavy atom. The predicted molar refractivity (Wildman–Crippen MR) is 102 cm³/mol. The van der Waals surface area contributed by atoms with Crippen LogP contribution in [0.3, 0.4) is 0 Å². The Hall–Kier alpha value is -3.36. The predicted octanol–water partition coefficient (Wildman–Crippen LogP) is 2.34. The number of hydrogen-bond acceptors (Lipinski definition) is 7. The van der Waals surface area contributed by atoms with Crippen LogP contribution < -0.4 is 21.3 Å². The smallest absolute Gasteiger partial charge is 0.413 e. The van der Waals surface area contributed by atoms with Gasteiger partial charge in [0.25, 0.3) is 5.91 Å². The quantitative estimate of drug-likeness (QED) is 0.683. The Balaban J connectivity index is 1.79. The second-order valence-electron chi connectivity index (χ2n) is 6.35. The van der Waals surface area contributed by atoms with Crippen molar-refractivity contribution in [3.8, 4) is 0 Å². The summed E-state index contributed by atoms with van der Waals surface area (Å²) in [6.45, 7) is 0.746. The molecule has 27 heavy (non-hydrogen) atoms. The number of ether oxygens (including phenoxy) is 1. The standard InChI is InChI=1S/C18H22N6O3/c1-24(18(26)27-2)13-5-3-4-12(8-13)22-17-21-10-14(15(19)25)16(23-17)20-9-11-6-7-11/h3-5,8,10-11H,6-7,9H2,1-2H3,(H2,19,25)(H2,20,21,22,23). The van der Waals surface area contributed by atoms with E-state index in [9.17, 15) is 9.59 Å². The highest BCUT2D eigenvalue weighted by Crippen LogP contribution is 2.29. The summed E-state index contributed by atoms with van der Waals surface area (Å²) >= 11 is 0. The van der Waals surface area contributed by atoms with E-state index in [0.29, 0.717) is 29.1 Å². The van der Waals surface area contributed by atoms with Crippen molar-refractivity contribution in [2.24, 2.45) is 11.7 Å². The number of carbonyl (C=O) groups excluding carboxylic acids is 2. The second kappa shape index (κ2) is 7.90. The Labute approximate surface area is 156 Å². The van der Waals surface area contributed by atoms with E-state index in [1.165, 1.54) is 31.0 Å². The highest BCUT2D eigenvalue weighted by atomic mass is 16.5. The highest BCUT2D eigenvalue weighted by Gasteiger charge is 2.22. The molecule has 1 aromatic carbocycles. The van der Waals surface area contributed by atoms with Crippen LogP contribution >= 0.6 is 0 Å². The molecular weight excluding hydrogens is 348 g/mol. The Morgan fingerprint density at radius 2 is 2.15 bits per heavy atom. The molecule has 9 nitrogen and oxygen atoms in total. The monoisotopic (exact) mass is 370 g/mol. The molecule has 3 rings (SSSR count). The lowest BCUT2D eigenvalue weighted by Crippen LogP contribution is -2.25. The third-order valence-electron chi connectivity index (χ3n) is 4.25. The van der Waals surface area contributed by atoms with Gasteiger partial charge in [0, 0.05) is 31.2 Å². The number of nitrogens with one attached hydrogen (secondary N) is 2. The topological polar surface area (TPSA) is 122 Å². The fourth-order valence-corrected chi connectivity index (χ4v) is 2.48. The van der Waals surface area contributed by atoms with Crippen LogP contribution in [0.4, 0.5) is 27.9 Å².